The zero-order valence-corrected chi connectivity index (χ0v) is 21.7. The van der Waals surface area contributed by atoms with Crippen LogP contribution in [0.1, 0.15) is 36.1 Å². The van der Waals surface area contributed by atoms with Crippen LogP contribution in [0.2, 0.25) is 0 Å². The van der Waals surface area contributed by atoms with E-state index in [0.717, 1.165) is 17.7 Å². The van der Waals surface area contributed by atoms with Gasteiger partial charge in [-0.25, -0.2) is 4.79 Å². The van der Waals surface area contributed by atoms with E-state index < -0.39 is 12.0 Å². The number of carbonyl (C=O) groups excluding carboxylic acids is 3. The van der Waals surface area contributed by atoms with Gasteiger partial charge in [-0.15, -0.1) is 0 Å². The number of hydrogen-bond acceptors (Lipinski definition) is 5. The number of ether oxygens (including phenoxy) is 1. The summed E-state index contributed by atoms with van der Waals surface area (Å²) in [6.07, 6.45) is 0.615. The topological polar surface area (TPSA) is 137 Å². The number of methoxy groups -OCH3 is 1. The van der Waals surface area contributed by atoms with Crippen molar-refractivity contribution in [2.45, 2.75) is 32.2 Å². The highest BCUT2D eigenvalue weighted by Gasteiger charge is 2.25. The Kier molecular flexibility index (Phi) is 8.45. The molecule has 0 bridgehead atoms. The van der Waals surface area contributed by atoms with Gasteiger partial charge in [0.15, 0.2) is 0 Å². The van der Waals surface area contributed by atoms with Gasteiger partial charge in [0.1, 0.15) is 5.75 Å². The fourth-order valence-corrected chi connectivity index (χ4v) is 4.54. The fraction of sp³-hybridized carbons (Fsp3) is 0.241. The van der Waals surface area contributed by atoms with E-state index in [1.165, 1.54) is 14.0 Å². The van der Waals surface area contributed by atoms with E-state index in [-0.39, 0.29) is 30.7 Å². The molecule has 202 valence electrons. The maximum absolute atomic E-state index is 12.9. The smallest absolute Gasteiger partial charge is 0.326 e. The minimum atomic E-state index is -1.03. The van der Waals surface area contributed by atoms with E-state index in [2.05, 4.69) is 16.0 Å². The van der Waals surface area contributed by atoms with Crippen molar-refractivity contribution in [1.82, 2.24) is 5.32 Å². The van der Waals surface area contributed by atoms with Crippen molar-refractivity contribution in [3.8, 4) is 5.75 Å². The van der Waals surface area contributed by atoms with E-state index in [4.69, 9.17) is 9.84 Å². The molecular weight excluding hydrogens is 500 g/mol. The van der Waals surface area contributed by atoms with Crippen LogP contribution in [0.15, 0.2) is 66.7 Å². The van der Waals surface area contributed by atoms with Crippen molar-refractivity contribution < 1.29 is 29.0 Å². The van der Waals surface area contributed by atoms with Gasteiger partial charge in [-0.2, -0.15) is 0 Å². The van der Waals surface area contributed by atoms with Gasteiger partial charge in [0.05, 0.1) is 31.7 Å². The number of anilines is 3. The summed E-state index contributed by atoms with van der Waals surface area (Å²) in [5.74, 6) is -1.19. The molecule has 1 atom stereocenters. The third-order valence-corrected chi connectivity index (χ3v) is 6.36. The van der Waals surface area contributed by atoms with Crippen molar-refractivity contribution in [2.24, 2.45) is 0 Å². The van der Waals surface area contributed by atoms with E-state index in [1.54, 1.807) is 47.4 Å². The fourth-order valence-electron chi connectivity index (χ4n) is 4.54. The zero-order chi connectivity index (χ0) is 27.9. The summed E-state index contributed by atoms with van der Waals surface area (Å²) in [5, 5.41) is 17.4. The number of fused-ring (bicyclic) bond motifs is 1. The number of carboxylic acids is 1. The average molecular weight is 531 g/mol. The van der Waals surface area contributed by atoms with Gasteiger partial charge >= 0.3 is 12.0 Å². The first-order valence-electron chi connectivity index (χ1n) is 12.5. The Labute approximate surface area is 226 Å². The Hall–Kier alpha value is -4.86. The largest absolute Gasteiger partial charge is 0.495 e. The van der Waals surface area contributed by atoms with E-state index in [1.807, 2.05) is 24.3 Å². The first-order chi connectivity index (χ1) is 18.7. The minimum absolute atomic E-state index is 0.0688. The lowest BCUT2D eigenvalue weighted by Crippen LogP contribution is -2.33. The van der Waals surface area contributed by atoms with Crippen LogP contribution in [-0.2, 0) is 27.2 Å². The number of amides is 4. The standard InChI is InChI=1S/C29H30N4O6/c1-18(34)30-24(17-28(36)37)20-8-10-22(11-9-20)31-27(35)16-19-7-12-23(26(15-19)39-2)32-29(38)33-14-13-21-5-3-4-6-25(21)33/h3-12,15,24H,13-14,16-17H2,1-2H3,(H,30,34)(H,31,35)(H,32,38)(H,36,37)/t24-/m1/s1. The van der Waals surface area contributed by atoms with Crippen molar-refractivity contribution in [3.63, 3.8) is 0 Å². The quantitative estimate of drug-likeness (QED) is 0.328. The SMILES string of the molecule is COc1cc(CC(=O)Nc2ccc([C@@H](CC(=O)O)NC(C)=O)cc2)ccc1NC(=O)N1CCc2ccccc21. The van der Waals surface area contributed by atoms with Crippen molar-refractivity contribution in [3.05, 3.63) is 83.4 Å². The summed E-state index contributed by atoms with van der Waals surface area (Å²) in [6, 6.07) is 18.7. The van der Waals surface area contributed by atoms with Gasteiger partial charge in [0.25, 0.3) is 0 Å². The highest BCUT2D eigenvalue weighted by atomic mass is 16.5. The van der Waals surface area contributed by atoms with Gasteiger partial charge in [-0.3, -0.25) is 19.3 Å². The van der Waals surface area contributed by atoms with E-state index in [9.17, 15) is 19.2 Å². The van der Waals surface area contributed by atoms with Crippen LogP contribution in [0.3, 0.4) is 0 Å². The van der Waals surface area contributed by atoms with Crippen molar-refractivity contribution in [1.29, 1.82) is 0 Å². The molecule has 0 unspecified atom stereocenters. The second kappa shape index (κ2) is 12.1. The minimum Gasteiger partial charge on any atom is -0.495 e. The number of rotatable bonds is 9. The highest BCUT2D eigenvalue weighted by Crippen LogP contribution is 2.30. The average Bonchev–Trinajstić information content (AvgIpc) is 3.33. The molecule has 3 aromatic carbocycles. The normalized spacial score (nSPS) is 12.7. The maximum atomic E-state index is 12.9. The molecule has 4 rings (SSSR count). The van der Waals surface area contributed by atoms with Crippen LogP contribution in [0.5, 0.6) is 5.75 Å². The molecule has 1 heterocycles. The van der Waals surface area contributed by atoms with Gasteiger partial charge in [0, 0.05) is 24.8 Å². The van der Waals surface area contributed by atoms with Gasteiger partial charge in [-0.05, 0) is 53.4 Å². The number of hydrogen-bond donors (Lipinski definition) is 4. The molecule has 10 heteroatoms. The van der Waals surface area contributed by atoms with Crippen LogP contribution >= 0.6 is 0 Å². The van der Waals surface area contributed by atoms with Gasteiger partial charge in [-0.1, -0.05) is 36.4 Å². The number of carbonyl (C=O) groups is 4. The number of aliphatic carboxylic acids is 1. The first kappa shape index (κ1) is 27.2. The second-order valence-corrected chi connectivity index (χ2v) is 9.19. The number of para-hydroxylation sites is 1. The van der Waals surface area contributed by atoms with Crippen molar-refractivity contribution >= 4 is 40.9 Å². The number of nitrogens with one attached hydrogen (secondary N) is 3. The molecule has 4 amide bonds. The Bertz CT molecular complexity index is 1370. The first-order valence-corrected chi connectivity index (χ1v) is 12.5. The van der Waals surface area contributed by atoms with Crippen LogP contribution in [0.4, 0.5) is 21.9 Å². The predicted octanol–water partition coefficient (Wildman–Crippen LogP) is 4.12. The summed E-state index contributed by atoms with van der Waals surface area (Å²) >= 11 is 0. The lowest BCUT2D eigenvalue weighted by atomic mass is 10.0. The number of carboxylic acid groups (broad SMARTS) is 1. The summed E-state index contributed by atoms with van der Waals surface area (Å²) in [4.78, 5) is 49.9. The molecule has 0 radical (unpaired) electrons. The molecule has 0 aromatic heterocycles. The van der Waals surface area contributed by atoms with Crippen LogP contribution in [-0.4, -0.2) is 42.6 Å². The summed E-state index contributed by atoms with van der Waals surface area (Å²) in [7, 11) is 1.50. The molecule has 1 aliphatic heterocycles. The Morgan fingerprint density at radius 2 is 1.74 bits per heavy atom. The summed E-state index contributed by atoms with van der Waals surface area (Å²) in [6.45, 7) is 1.92. The number of nitrogens with zero attached hydrogens (tertiary/aromatic N) is 1. The van der Waals surface area contributed by atoms with Crippen molar-refractivity contribution in [2.75, 3.05) is 29.2 Å². The molecule has 10 nitrogen and oxygen atoms in total. The third kappa shape index (κ3) is 6.92. The second-order valence-electron chi connectivity index (χ2n) is 9.19. The summed E-state index contributed by atoms with van der Waals surface area (Å²) in [5.41, 5.74) is 4.36. The molecule has 0 aliphatic carbocycles. The molecule has 0 spiro atoms. The molecular formula is C29H30N4O6. The molecule has 1 aliphatic rings. The Balaban J connectivity index is 1.37. The molecule has 0 fully saturated rings. The maximum Gasteiger partial charge on any atom is 0.326 e. The molecule has 4 N–H and O–H groups in total. The zero-order valence-electron chi connectivity index (χ0n) is 21.7. The number of urea groups is 1. The lowest BCUT2D eigenvalue weighted by Gasteiger charge is -2.19. The lowest BCUT2D eigenvalue weighted by molar-refractivity contribution is -0.137. The van der Waals surface area contributed by atoms with Crippen LogP contribution in [0, 0.1) is 0 Å². The highest BCUT2D eigenvalue weighted by molar-refractivity contribution is 6.04. The summed E-state index contributed by atoms with van der Waals surface area (Å²) < 4.78 is 5.47. The third-order valence-electron chi connectivity index (χ3n) is 6.36. The monoisotopic (exact) mass is 530 g/mol. The van der Waals surface area contributed by atoms with Gasteiger partial charge in [0.2, 0.25) is 11.8 Å². The Morgan fingerprint density at radius 1 is 1.00 bits per heavy atom. The van der Waals surface area contributed by atoms with Crippen LogP contribution < -0.4 is 25.6 Å². The predicted molar refractivity (Wildman–Crippen MR) is 147 cm³/mol. The van der Waals surface area contributed by atoms with E-state index >= 15 is 0 Å². The van der Waals surface area contributed by atoms with Crippen LogP contribution in [0.25, 0.3) is 0 Å². The molecule has 0 saturated heterocycles. The Morgan fingerprint density at radius 3 is 2.44 bits per heavy atom. The van der Waals surface area contributed by atoms with Gasteiger partial charge < -0.3 is 25.8 Å². The number of benzene rings is 3. The molecule has 3 aromatic rings. The molecule has 39 heavy (non-hydrogen) atoms. The van der Waals surface area contributed by atoms with E-state index in [0.29, 0.717) is 34.8 Å². The molecule has 0 saturated carbocycles.